The molecular formula is C15H13F9N2O. The Balaban J connectivity index is 2.72. The van der Waals surface area contributed by atoms with Crippen LogP contribution >= 0.6 is 0 Å². The molecule has 0 fully saturated rings. The molecule has 3 unspecified atom stereocenters. The molecule has 0 saturated heterocycles. The summed E-state index contributed by atoms with van der Waals surface area (Å²) in [4.78, 5) is 0. The number of ether oxygens (including phenoxy) is 1. The first-order chi connectivity index (χ1) is 12.0. The average molecular weight is 408 g/mol. The summed E-state index contributed by atoms with van der Waals surface area (Å²) in [5.41, 5.74) is -0.216. The summed E-state index contributed by atoms with van der Waals surface area (Å²) in [7, 11) is 0. The second kappa shape index (κ2) is 6.30. The van der Waals surface area contributed by atoms with Gasteiger partial charge in [-0.15, -0.1) is 0 Å². The lowest BCUT2D eigenvalue weighted by molar-refractivity contribution is -0.241. The Morgan fingerprint density at radius 3 is 1.78 bits per heavy atom. The Morgan fingerprint density at radius 2 is 1.37 bits per heavy atom. The van der Waals surface area contributed by atoms with E-state index in [9.17, 15) is 39.5 Å². The number of hydrogen-bond donors (Lipinski definition) is 2. The lowest BCUT2D eigenvalue weighted by Crippen LogP contribution is -2.73. The van der Waals surface area contributed by atoms with E-state index in [1.165, 1.54) is 18.2 Å². The van der Waals surface area contributed by atoms with E-state index in [0.717, 1.165) is 12.1 Å². The highest BCUT2D eigenvalue weighted by atomic mass is 19.4. The van der Waals surface area contributed by atoms with Gasteiger partial charge in [-0.05, 0) is 18.2 Å². The van der Waals surface area contributed by atoms with E-state index in [2.05, 4.69) is 0 Å². The van der Waals surface area contributed by atoms with Gasteiger partial charge in [0.15, 0.2) is 11.6 Å². The molecule has 0 heterocycles. The van der Waals surface area contributed by atoms with Crippen molar-refractivity contribution in [3.8, 4) is 5.75 Å². The first-order valence-corrected chi connectivity index (χ1v) is 7.24. The molecule has 0 aliphatic heterocycles. The predicted octanol–water partition coefficient (Wildman–Crippen LogP) is 3.85. The maximum atomic E-state index is 13.5. The monoisotopic (exact) mass is 408 g/mol. The topological polar surface area (TPSA) is 61.3 Å². The number of nitrogens with two attached hydrogens (primary N) is 2. The van der Waals surface area contributed by atoms with E-state index in [4.69, 9.17) is 16.2 Å². The van der Waals surface area contributed by atoms with E-state index < -0.39 is 59.5 Å². The first kappa shape index (κ1) is 21.4. The lowest BCUT2D eigenvalue weighted by atomic mass is 9.70. The van der Waals surface area contributed by atoms with Crippen LogP contribution in [-0.2, 0) is 0 Å². The fourth-order valence-corrected chi connectivity index (χ4v) is 2.72. The van der Waals surface area contributed by atoms with E-state index in [-0.39, 0.29) is 0 Å². The van der Waals surface area contributed by atoms with Gasteiger partial charge in [0.2, 0.25) is 0 Å². The van der Waals surface area contributed by atoms with Crippen LogP contribution < -0.4 is 16.2 Å². The fraction of sp³-hybridized carbons (Fsp3) is 0.467. The summed E-state index contributed by atoms with van der Waals surface area (Å²) >= 11 is 0. The molecule has 0 saturated carbocycles. The largest absolute Gasteiger partial charge is 0.483 e. The minimum atomic E-state index is -5.69. The van der Waals surface area contributed by atoms with Crippen LogP contribution in [0, 0.1) is 0 Å². The summed E-state index contributed by atoms with van der Waals surface area (Å²) in [5.74, 6) is -0.437. The molecule has 2 rings (SSSR count). The molecule has 1 aromatic rings. The summed E-state index contributed by atoms with van der Waals surface area (Å²) < 4.78 is 125. The molecule has 4 N–H and O–H groups in total. The van der Waals surface area contributed by atoms with Gasteiger partial charge in [0, 0.05) is 6.42 Å². The van der Waals surface area contributed by atoms with Gasteiger partial charge in [-0.2, -0.15) is 39.5 Å². The van der Waals surface area contributed by atoms with Crippen molar-refractivity contribution < 1.29 is 44.3 Å². The standard InChI is InChI=1S/C15H13F9N2O/c16-13(17,18)9-6-11(25,14(19,20)21)7-12(26,15(22,23)24)10(9)27-8-4-2-1-3-5-8/h1-6,10H,7,25-26H2. The van der Waals surface area contributed by atoms with Crippen molar-refractivity contribution in [1.29, 1.82) is 0 Å². The van der Waals surface area contributed by atoms with Gasteiger partial charge in [0.05, 0.1) is 5.57 Å². The van der Waals surface area contributed by atoms with Gasteiger partial charge in [-0.25, -0.2) is 0 Å². The van der Waals surface area contributed by atoms with E-state index in [0.29, 0.717) is 0 Å². The molecule has 0 spiro atoms. The van der Waals surface area contributed by atoms with Crippen molar-refractivity contribution in [3.05, 3.63) is 42.0 Å². The Hall–Kier alpha value is -1.95. The zero-order valence-electron chi connectivity index (χ0n) is 13.2. The first-order valence-electron chi connectivity index (χ1n) is 7.24. The SMILES string of the molecule is NC1(C(F)(F)F)C=C(C(F)(F)F)C(Oc2ccccc2)C(N)(C(F)(F)F)C1. The number of alkyl halides is 9. The van der Waals surface area contributed by atoms with Crippen molar-refractivity contribution >= 4 is 0 Å². The van der Waals surface area contributed by atoms with E-state index >= 15 is 0 Å². The second-order valence-electron chi connectivity index (χ2n) is 6.16. The zero-order valence-corrected chi connectivity index (χ0v) is 13.2. The quantitative estimate of drug-likeness (QED) is 0.578. The third-order valence-electron chi connectivity index (χ3n) is 4.13. The number of para-hydroxylation sites is 1. The van der Waals surface area contributed by atoms with Crippen LogP contribution in [0.1, 0.15) is 6.42 Å². The number of benzene rings is 1. The highest BCUT2D eigenvalue weighted by Gasteiger charge is 2.70. The van der Waals surface area contributed by atoms with Crippen molar-refractivity contribution in [1.82, 2.24) is 0 Å². The van der Waals surface area contributed by atoms with Gasteiger partial charge in [-0.3, -0.25) is 0 Å². The van der Waals surface area contributed by atoms with Crippen LogP contribution in [0.15, 0.2) is 42.0 Å². The molecule has 12 heteroatoms. The van der Waals surface area contributed by atoms with Crippen LogP contribution in [-0.4, -0.2) is 35.7 Å². The smallest absolute Gasteiger partial charge is 0.416 e. The number of rotatable bonds is 2. The molecule has 1 aromatic carbocycles. The molecule has 1 aliphatic carbocycles. The summed E-state index contributed by atoms with van der Waals surface area (Å²) in [6, 6.07) is 5.99. The van der Waals surface area contributed by atoms with Gasteiger partial charge in [0.25, 0.3) is 0 Å². The van der Waals surface area contributed by atoms with Crippen LogP contribution in [0.5, 0.6) is 5.75 Å². The van der Waals surface area contributed by atoms with Crippen LogP contribution in [0.25, 0.3) is 0 Å². The van der Waals surface area contributed by atoms with Gasteiger partial charge in [0.1, 0.15) is 11.3 Å². The summed E-state index contributed by atoms with van der Waals surface area (Å²) in [6.45, 7) is 0. The van der Waals surface area contributed by atoms with Gasteiger partial charge < -0.3 is 16.2 Å². The predicted molar refractivity (Wildman–Crippen MR) is 75.6 cm³/mol. The molecule has 152 valence electrons. The minimum Gasteiger partial charge on any atom is -0.483 e. The molecule has 0 radical (unpaired) electrons. The maximum Gasteiger partial charge on any atom is 0.416 e. The van der Waals surface area contributed by atoms with Crippen molar-refractivity contribution in [3.63, 3.8) is 0 Å². The highest BCUT2D eigenvalue weighted by molar-refractivity contribution is 5.37. The van der Waals surface area contributed by atoms with Crippen molar-refractivity contribution in [2.24, 2.45) is 11.5 Å². The van der Waals surface area contributed by atoms with Gasteiger partial charge in [-0.1, -0.05) is 18.2 Å². The van der Waals surface area contributed by atoms with Crippen molar-refractivity contribution in [2.75, 3.05) is 0 Å². The Labute approximate surface area is 146 Å². The Bertz CT molecular complexity index is 711. The molecule has 1 aliphatic rings. The Morgan fingerprint density at radius 1 is 0.852 bits per heavy atom. The second-order valence-corrected chi connectivity index (χ2v) is 6.16. The van der Waals surface area contributed by atoms with Crippen molar-refractivity contribution in [2.45, 2.75) is 42.1 Å². The van der Waals surface area contributed by atoms with E-state index in [1.54, 1.807) is 0 Å². The lowest BCUT2D eigenvalue weighted by Gasteiger charge is -2.48. The number of hydrogen-bond acceptors (Lipinski definition) is 3. The minimum absolute atomic E-state index is 0.437. The third-order valence-corrected chi connectivity index (χ3v) is 4.13. The molecule has 3 atom stereocenters. The summed E-state index contributed by atoms with van der Waals surface area (Å²) in [6.07, 6.45) is -22.5. The fourth-order valence-electron chi connectivity index (χ4n) is 2.72. The highest BCUT2D eigenvalue weighted by Crippen LogP contribution is 2.51. The molecule has 3 nitrogen and oxygen atoms in total. The van der Waals surface area contributed by atoms with Gasteiger partial charge >= 0.3 is 18.5 Å². The maximum absolute atomic E-state index is 13.5. The molecular weight excluding hydrogens is 395 g/mol. The molecule has 0 bridgehead atoms. The van der Waals surface area contributed by atoms with Crippen LogP contribution in [0.2, 0.25) is 0 Å². The molecule has 27 heavy (non-hydrogen) atoms. The number of halogens is 9. The zero-order chi connectivity index (χ0) is 20.9. The normalized spacial score (nSPS) is 30.0. The molecule has 0 aromatic heterocycles. The Kier molecular flexibility index (Phi) is 4.98. The van der Waals surface area contributed by atoms with Crippen LogP contribution in [0.4, 0.5) is 39.5 Å². The average Bonchev–Trinajstić information content (AvgIpc) is 2.47. The van der Waals surface area contributed by atoms with Crippen LogP contribution in [0.3, 0.4) is 0 Å². The summed E-state index contributed by atoms with van der Waals surface area (Å²) in [5, 5.41) is 0. The third kappa shape index (κ3) is 3.86. The molecule has 0 amide bonds. The van der Waals surface area contributed by atoms with E-state index in [1.807, 2.05) is 0 Å².